The van der Waals surface area contributed by atoms with E-state index in [0.29, 0.717) is 36.0 Å². The lowest BCUT2D eigenvalue weighted by atomic mass is 9.91. The van der Waals surface area contributed by atoms with Crippen LogP contribution in [0.3, 0.4) is 0 Å². The van der Waals surface area contributed by atoms with Gasteiger partial charge in [0.25, 0.3) is 0 Å². The SMILES string of the molecule is COc1ccc(Cn2cc(-c3cnc4c(C5CCC(=O)NC5=O)coc4c3)cn2)cc1. The van der Waals surface area contributed by atoms with Crippen molar-refractivity contribution in [2.45, 2.75) is 25.3 Å². The Kier molecular flexibility index (Phi) is 4.74. The summed E-state index contributed by atoms with van der Waals surface area (Å²) in [5, 5.41) is 6.83. The first kappa shape index (κ1) is 19.0. The number of imide groups is 1. The number of benzene rings is 1. The summed E-state index contributed by atoms with van der Waals surface area (Å²) in [6.07, 6.45) is 7.83. The monoisotopic (exact) mass is 416 g/mol. The van der Waals surface area contributed by atoms with Gasteiger partial charge in [0.15, 0.2) is 5.58 Å². The number of nitrogens with one attached hydrogen (secondary N) is 1. The number of hydrogen-bond donors (Lipinski definition) is 1. The zero-order valence-corrected chi connectivity index (χ0v) is 16.9. The number of nitrogens with zero attached hydrogens (tertiary/aromatic N) is 3. The van der Waals surface area contributed by atoms with E-state index in [1.807, 2.05) is 41.2 Å². The van der Waals surface area contributed by atoms with E-state index in [4.69, 9.17) is 9.15 Å². The number of fused-ring (bicyclic) bond motifs is 1. The zero-order valence-electron chi connectivity index (χ0n) is 16.9. The Bertz CT molecular complexity index is 1270. The third-order valence-corrected chi connectivity index (χ3v) is 5.52. The molecule has 5 rings (SSSR count). The highest BCUT2D eigenvalue weighted by Crippen LogP contribution is 2.33. The number of piperidine rings is 1. The molecule has 1 N–H and O–H groups in total. The normalized spacial score (nSPS) is 16.5. The first-order chi connectivity index (χ1) is 15.1. The average molecular weight is 416 g/mol. The lowest BCUT2D eigenvalue weighted by Crippen LogP contribution is -2.39. The molecule has 0 saturated carbocycles. The van der Waals surface area contributed by atoms with Gasteiger partial charge in [-0.05, 0) is 30.2 Å². The van der Waals surface area contributed by atoms with E-state index in [9.17, 15) is 9.59 Å². The largest absolute Gasteiger partial charge is 0.497 e. The van der Waals surface area contributed by atoms with Gasteiger partial charge in [0.05, 0.1) is 32.0 Å². The lowest BCUT2D eigenvalue weighted by molar-refractivity contribution is -0.134. The van der Waals surface area contributed by atoms with Crippen molar-refractivity contribution in [2.24, 2.45) is 0 Å². The molecular weight excluding hydrogens is 396 g/mol. The van der Waals surface area contributed by atoms with E-state index in [0.717, 1.165) is 22.4 Å². The lowest BCUT2D eigenvalue weighted by Gasteiger charge is -2.19. The molecule has 3 aromatic heterocycles. The summed E-state index contributed by atoms with van der Waals surface area (Å²) in [5.41, 5.74) is 4.86. The fourth-order valence-electron chi connectivity index (χ4n) is 3.85. The van der Waals surface area contributed by atoms with Crippen LogP contribution in [0.25, 0.3) is 22.2 Å². The molecule has 2 amide bonds. The summed E-state index contributed by atoms with van der Waals surface area (Å²) in [6, 6.07) is 9.76. The van der Waals surface area contributed by atoms with Crippen molar-refractivity contribution in [2.75, 3.05) is 7.11 Å². The third kappa shape index (κ3) is 3.68. The maximum absolute atomic E-state index is 12.2. The second kappa shape index (κ2) is 7.71. The number of carbonyl (C=O) groups excluding carboxylic acids is 2. The molecule has 156 valence electrons. The number of rotatable bonds is 5. The van der Waals surface area contributed by atoms with Crippen molar-refractivity contribution in [3.63, 3.8) is 0 Å². The fourth-order valence-corrected chi connectivity index (χ4v) is 3.85. The van der Waals surface area contributed by atoms with E-state index in [2.05, 4.69) is 15.4 Å². The first-order valence-electron chi connectivity index (χ1n) is 9.97. The topological polar surface area (TPSA) is 99.2 Å². The third-order valence-electron chi connectivity index (χ3n) is 5.52. The van der Waals surface area contributed by atoms with Gasteiger partial charge >= 0.3 is 0 Å². The van der Waals surface area contributed by atoms with Crippen molar-refractivity contribution in [1.29, 1.82) is 0 Å². The highest BCUT2D eigenvalue weighted by molar-refractivity contribution is 6.02. The molecule has 1 aromatic carbocycles. The second-order valence-electron chi connectivity index (χ2n) is 7.54. The Balaban J connectivity index is 1.37. The number of pyridine rings is 1. The standard InChI is InChI=1S/C23H20N4O4/c1-30-17-4-2-14(3-5-17)11-27-12-16(10-25-27)15-8-20-22(24-9-15)19(13-31-20)18-6-7-21(28)26-23(18)29/h2-5,8-10,12-13,18H,6-7,11H2,1H3,(H,26,28,29). The molecule has 4 aromatic rings. The van der Waals surface area contributed by atoms with Gasteiger partial charge in [0.1, 0.15) is 11.3 Å². The van der Waals surface area contributed by atoms with Gasteiger partial charge in [0.2, 0.25) is 11.8 Å². The fraction of sp³-hybridized carbons (Fsp3) is 0.217. The van der Waals surface area contributed by atoms with Gasteiger partial charge in [-0.3, -0.25) is 24.6 Å². The summed E-state index contributed by atoms with van der Waals surface area (Å²) < 4.78 is 12.7. The van der Waals surface area contributed by atoms with Crippen LogP contribution in [0.15, 0.2) is 59.6 Å². The summed E-state index contributed by atoms with van der Waals surface area (Å²) in [6.45, 7) is 0.639. The molecule has 1 atom stereocenters. The van der Waals surface area contributed by atoms with Crippen LogP contribution < -0.4 is 10.1 Å². The number of carbonyl (C=O) groups is 2. The Hall–Kier alpha value is -3.94. The van der Waals surface area contributed by atoms with Crippen LogP contribution in [-0.4, -0.2) is 33.7 Å². The predicted molar refractivity (Wildman–Crippen MR) is 112 cm³/mol. The van der Waals surface area contributed by atoms with Crippen molar-refractivity contribution in [1.82, 2.24) is 20.1 Å². The van der Waals surface area contributed by atoms with E-state index in [1.54, 1.807) is 25.8 Å². The minimum atomic E-state index is -0.426. The Morgan fingerprint density at radius 1 is 1.19 bits per heavy atom. The van der Waals surface area contributed by atoms with E-state index < -0.39 is 5.92 Å². The molecule has 1 aliphatic rings. The summed E-state index contributed by atoms with van der Waals surface area (Å²) in [4.78, 5) is 28.2. The van der Waals surface area contributed by atoms with Gasteiger partial charge in [-0.2, -0.15) is 5.10 Å². The highest BCUT2D eigenvalue weighted by Gasteiger charge is 2.31. The van der Waals surface area contributed by atoms with Gasteiger partial charge in [-0.1, -0.05) is 12.1 Å². The number of aromatic nitrogens is 3. The number of amides is 2. The van der Waals surface area contributed by atoms with Crippen molar-refractivity contribution < 1.29 is 18.7 Å². The molecule has 31 heavy (non-hydrogen) atoms. The van der Waals surface area contributed by atoms with Crippen LogP contribution in [0.5, 0.6) is 5.75 Å². The molecule has 1 fully saturated rings. The van der Waals surface area contributed by atoms with Crippen LogP contribution in [0.1, 0.15) is 29.9 Å². The zero-order chi connectivity index (χ0) is 21.4. The number of furan rings is 1. The van der Waals surface area contributed by atoms with Gasteiger partial charge in [-0.15, -0.1) is 0 Å². The molecule has 8 heteroatoms. The molecular formula is C23H20N4O4. The average Bonchev–Trinajstić information content (AvgIpc) is 3.41. The van der Waals surface area contributed by atoms with E-state index in [1.165, 1.54) is 0 Å². The van der Waals surface area contributed by atoms with Crippen LogP contribution in [0, 0.1) is 0 Å². The summed E-state index contributed by atoms with van der Waals surface area (Å²) >= 11 is 0. The maximum Gasteiger partial charge on any atom is 0.234 e. The molecule has 0 radical (unpaired) electrons. The number of hydrogen-bond acceptors (Lipinski definition) is 6. The molecule has 0 aliphatic carbocycles. The number of ether oxygens (including phenoxy) is 1. The minimum Gasteiger partial charge on any atom is -0.497 e. The summed E-state index contributed by atoms with van der Waals surface area (Å²) in [5.74, 6) is -0.149. The van der Waals surface area contributed by atoms with Gasteiger partial charge in [0, 0.05) is 35.5 Å². The van der Waals surface area contributed by atoms with Gasteiger partial charge in [-0.25, -0.2) is 0 Å². The Morgan fingerprint density at radius 2 is 2.03 bits per heavy atom. The van der Waals surface area contributed by atoms with Crippen LogP contribution in [-0.2, 0) is 16.1 Å². The number of methoxy groups -OCH3 is 1. The minimum absolute atomic E-state index is 0.240. The van der Waals surface area contributed by atoms with Crippen LogP contribution in [0.4, 0.5) is 0 Å². The van der Waals surface area contributed by atoms with E-state index >= 15 is 0 Å². The maximum atomic E-state index is 12.2. The van der Waals surface area contributed by atoms with Crippen molar-refractivity contribution in [3.05, 3.63) is 66.3 Å². The van der Waals surface area contributed by atoms with E-state index in [-0.39, 0.29) is 11.8 Å². The molecule has 0 bridgehead atoms. The van der Waals surface area contributed by atoms with Crippen LogP contribution >= 0.6 is 0 Å². The highest BCUT2D eigenvalue weighted by atomic mass is 16.5. The first-order valence-corrected chi connectivity index (χ1v) is 9.97. The molecule has 4 heterocycles. The second-order valence-corrected chi connectivity index (χ2v) is 7.54. The Morgan fingerprint density at radius 3 is 2.81 bits per heavy atom. The molecule has 1 saturated heterocycles. The van der Waals surface area contributed by atoms with Crippen molar-refractivity contribution in [3.8, 4) is 16.9 Å². The van der Waals surface area contributed by atoms with Crippen LogP contribution in [0.2, 0.25) is 0 Å². The summed E-state index contributed by atoms with van der Waals surface area (Å²) in [7, 11) is 1.65. The molecule has 0 spiro atoms. The quantitative estimate of drug-likeness (QED) is 0.501. The predicted octanol–water partition coefficient (Wildman–Crippen LogP) is 3.27. The molecule has 1 unspecified atom stereocenters. The smallest absolute Gasteiger partial charge is 0.234 e. The molecule has 1 aliphatic heterocycles. The van der Waals surface area contributed by atoms with Crippen molar-refractivity contribution >= 4 is 22.9 Å². The van der Waals surface area contributed by atoms with Gasteiger partial charge < -0.3 is 9.15 Å². The molecule has 8 nitrogen and oxygen atoms in total. The Labute approximate surface area is 177 Å².